The van der Waals surface area contributed by atoms with Crippen LogP contribution >= 0.6 is 34.5 Å². The van der Waals surface area contributed by atoms with Crippen molar-refractivity contribution in [3.05, 3.63) is 56.2 Å². The molecule has 3 nitrogen and oxygen atoms in total. The Morgan fingerprint density at radius 3 is 2.61 bits per heavy atom. The first kappa shape index (κ1) is 23.5. The van der Waals surface area contributed by atoms with Gasteiger partial charge >= 0.3 is 0 Å². The second-order valence-electron chi connectivity index (χ2n) is 9.39. The molecule has 3 atom stereocenters. The van der Waals surface area contributed by atoms with Crippen LogP contribution in [-0.4, -0.2) is 53.7 Å². The van der Waals surface area contributed by atoms with Crippen LogP contribution in [0.5, 0.6) is 0 Å². The maximum absolute atomic E-state index is 10.00. The third-order valence-electron chi connectivity index (χ3n) is 7.17. The number of aliphatic hydroxyl groups is 1. The van der Waals surface area contributed by atoms with Crippen LogP contribution in [0.3, 0.4) is 0 Å². The molecule has 170 valence electrons. The fraction of sp³-hybridized carbons (Fsp3) is 0.600. The third kappa shape index (κ3) is 6.25. The molecule has 0 amide bonds. The average Bonchev–Trinajstić information content (AvgIpc) is 3.41. The summed E-state index contributed by atoms with van der Waals surface area (Å²) in [4.78, 5) is 5.23. The van der Waals surface area contributed by atoms with Gasteiger partial charge in [0.05, 0.1) is 6.10 Å². The van der Waals surface area contributed by atoms with Crippen molar-refractivity contribution in [1.29, 1.82) is 0 Å². The van der Waals surface area contributed by atoms with Gasteiger partial charge < -0.3 is 10.0 Å². The Kier molecular flexibility index (Phi) is 8.35. The second kappa shape index (κ2) is 11.0. The molecule has 2 saturated heterocycles. The highest BCUT2D eigenvalue weighted by atomic mass is 35.5. The smallest absolute Gasteiger partial charge is 0.0540 e. The molecule has 3 heterocycles. The normalized spacial score (nSPS) is 24.6. The molecule has 1 aromatic carbocycles. The fourth-order valence-corrected chi connectivity index (χ4v) is 6.51. The summed E-state index contributed by atoms with van der Waals surface area (Å²) in [6.07, 6.45) is 4.16. The molecule has 1 N–H and O–H groups in total. The number of hydrogen-bond acceptors (Lipinski definition) is 4. The van der Waals surface area contributed by atoms with Gasteiger partial charge in [0.25, 0.3) is 0 Å². The van der Waals surface area contributed by atoms with Crippen molar-refractivity contribution in [3.63, 3.8) is 0 Å². The molecule has 2 aliphatic heterocycles. The first-order chi connectivity index (χ1) is 15.0. The molecule has 2 aliphatic rings. The molecule has 0 bridgehead atoms. The molecule has 0 saturated carbocycles. The van der Waals surface area contributed by atoms with Crippen LogP contribution < -0.4 is 0 Å². The number of rotatable bonds is 8. The van der Waals surface area contributed by atoms with Crippen LogP contribution in [0.25, 0.3) is 0 Å². The van der Waals surface area contributed by atoms with Crippen LogP contribution in [0.15, 0.2) is 35.0 Å². The molecular formula is C25H34Cl2N2OS. The van der Waals surface area contributed by atoms with E-state index in [4.69, 9.17) is 23.2 Å². The van der Waals surface area contributed by atoms with Gasteiger partial charge in [-0.15, -0.1) is 0 Å². The zero-order chi connectivity index (χ0) is 21.8. The molecular weight excluding hydrogens is 447 g/mol. The van der Waals surface area contributed by atoms with Crippen molar-refractivity contribution in [3.8, 4) is 0 Å². The van der Waals surface area contributed by atoms with E-state index in [9.17, 15) is 5.11 Å². The lowest BCUT2D eigenvalue weighted by Crippen LogP contribution is -2.39. The number of aliphatic hydroxyl groups excluding tert-OH is 1. The number of nitrogens with zero attached hydrogens (tertiary/aromatic N) is 2. The molecule has 0 radical (unpaired) electrons. The number of piperidine rings is 1. The van der Waals surface area contributed by atoms with E-state index < -0.39 is 0 Å². The van der Waals surface area contributed by atoms with E-state index >= 15 is 0 Å². The minimum absolute atomic E-state index is 0.123. The van der Waals surface area contributed by atoms with Gasteiger partial charge in [-0.05, 0) is 90.7 Å². The molecule has 2 fully saturated rings. The molecule has 0 spiro atoms. The first-order valence-electron chi connectivity index (χ1n) is 11.6. The molecule has 1 aromatic heterocycles. The predicted molar refractivity (Wildman–Crippen MR) is 132 cm³/mol. The van der Waals surface area contributed by atoms with Crippen molar-refractivity contribution in [1.82, 2.24) is 9.80 Å². The number of likely N-dealkylation sites (tertiary alicyclic amines) is 2. The molecule has 6 heteroatoms. The summed E-state index contributed by atoms with van der Waals surface area (Å²) < 4.78 is 0. The Balaban J connectivity index is 1.37. The standard InChI is InChI=1S/C25H34Cl2N2OS/c1-2-23(30)11-18-5-8-28(9-6-18)14-21-15-29(16-24(21)20-7-10-31-17-20)13-19-3-4-22(26)12-25(19)27/h3-4,7,10,12,17-18,21,23-24,30H,2,5-6,8-9,11,13-16H2,1H3/t21-,23?,24+/m0/s1. The van der Waals surface area contributed by atoms with E-state index in [2.05, 4.69) is 39.6 Å². The van der Waals surface area contributed by atoms with E-state index in [1.807, 2.05) is 12.1 Å². The number of halogens is 2. The van der Waals surface area contributed by atoms with Gasteiger partial charge in [-0.25, -0.2) is 0 Å². The Morgan fingerprint density at radius 2 is 1.94 bits per heavy atom. The highest BCUT2D eigenvalue weighted by molar-refractivity contribution is 7.08. The maximum Gasteiger partial charge on any atom is 0.0540 e. The summed E-state index contributed by atoms with van der Waals surface area (Å²) in [6.45, 7) is 8.63. The van der Waals surface area contributed by atoms with Crippen LogP contribution in [0.2, 0.25) is 10.0 Å². The van der Waals surface area contributed by atoms with Gasteiger partial charge in [0.15, 0.2) is 0 Å². The molecule has 1 unspecified atom stereocenters. The Morgan fingerprint density at radius 1 is 1.13 bits per heavy atom. The largest absolute Gasteiger partial charge is 0.393 e. The number of benzene rings is 1. The lowest BCUT2D eigenvalue weighted by molar-refractivity contribution is 0.0984. The molecule has 2 aromatic rings. The summed E-state index contributed by atoms with van der Waals surface area (Å²) in [7, 11) is 0. The quantitative estimate of drug-likeness (QED) is 0.490. The van der Waals surface area contributed by atoms with Crippen molar-refractivity contribution < 1.29 is 5.11 Å². The minimum Gasteiger partial charge on any atom is -0.393 e. The summed E-state index contributed by atoms with van der Waals surface area (Å²) in [5.74, 6) is 1.90. The Bertz CT molecular complexity index is 823. The van der Waals surface area contributed by atoms with Gasteiger partial charge in [-0.3, -0.25) is 4.90 Å². The van der Waals surface area contributed by atoms with E-state index in [0.717, 1.165) is 62.7 Å². The zero-order valence-electron chi connectivity index (χ0n) is 18.4. The summed E-state index contributed by atoms with van der Waals surface area (Å²) in [6, 6.07) is 8.15. The summed E-state index contributed by atoms with van der Waals surface area (Å²) >= 11 is 14.3. The van der Waals surface area contributed by atoms with E-state index in [1.54, 1.807) is 11.3 Å². The average molecular weight is 482 g/mol. The molecule has 4 rings (SSSR count). The molecule has 0 aliphatic carbocycles. The minimum atomic E-state index is -0.123. The summed E-state index contributed by atoms with van der Waals surface area (Å²) in [5.41, 5.74) is 2.65. The highest BCUT2D eigenvalue weighted by Crippen LogP contribution is 2.36. The van der Waals surface area contributed by atoms with Crippen LogP contribution in [-0.2, 0) is 6.54 Å². The van der Waals surface area contributed by atoms with Gasteiger partial charge in [0.1, 0.15) is 0 Å². The SMILES string of the molecule is CCC(O)CC1CCN(C[C@H]2CN(Cc3ccc(Cl)cc3Cl)C[C@@H]2c2ccsc2)CC1. The van der Waals surface area contributed by atoms with Gasteiger partial charge in [-0.1, -0.05) is 36.2 Å². The first-order valence-corrected chi connectivity index (χ1v) is 13.3. The fourth-order valence-electron chi connectivity index (χ4n) is 5.32. The van der Waals surface area contributed by atoms with Gasteiger partial charge in [-0.2, -0.15) is 11.3 Å². The number of hydrogen-bond donors (Lipinski definition) is 1. The van der Waals surface area contributed by atoms with Crippen LogP contribution in [0.4, 0.5) is 0 Å². The third-order valence-corrected chi connectivity index (χ3v) is 8.46. The lowest BCUT2D eigenvalue weighted by Gasteiger charge is -2.35. The zero-order valence-corrected chi connectivity index (χ0v) is 20.7. The number of thiophene rings is 1. The topological polar surface area (TPSA) is 26.7 Å². The van der Waals surface area contributed by atoms with Gasteiger partial charge in [0, 0.05) is 42.1 Å². The Labute approximate surface area is 201 Å². The van der Waals surface area contributed by atoms with Crippen molar-refractivity contribution >= 4 is 34.5 Å². The van der Waals surface area contributed by atoms with E-state index in [1.165, 1.54) is 18.4 Å². The van der Waals surface area contributed by atoms with E-state index in [0.29, 0.717) is 22.8 Å². The summed E-state index contributed by atoms with van der Waals surface area (Å²) in [5, 5.41) is 16.0. The van der Waals surface area contributed by atoms with Gasteiger partial charge in [0.2, 0.25) is 0 Å². The van der Waals surface area contributed by atoms with Crippen molar-refractivity contribution in [2.45, 2.75) is 51.2 Å². The second-order valence-corrected chi connectivity index (χ2v) is 11.0. The van der Waals surface area contributed by atoms with Crippen molar-refractivity contribution in [2.75, 3.05) is 32.7 Å². The Hall–Kier alpha value is -0.620. The molecule has 31 heavy (non-hydrogen) atoms. The lowest BCUT2D eigenvalue weighted by atomic mass is 9.87. The maximum atomic E-state index is 10.00. The van der Waals surface area contributed by atoms with E-state index in [-0.39, 0.29) is 6.10 Å². The predicted octanol–water partition coefficient (Wildman–Crippen LogP) is 6.14. The van der Waals surface area contributed by atoms with Crippen LogP contribution in [0.1, 0.15) is 49.7 Å². The van der Waals surface area contributed by atoms with Crippen molar-refractivity contribution in [2.24, 2.45) is 11.8 Å². The van der Waals surface area contributed by atoms with Crippen LogP contribution in [0, 0.1) is 11.8 Å². The monoisotopic (exact) mass is 480 g/mol. The highest BCUT2D eigenvalue weighted by Gasteiger charge is 2.36.